The normalized spacial score (nSPS) is 21.5. The maximum atomic E-state index is 4.34. The third kappa shape index (κ3) is 3.18. The highest BCUT2D eigenvalue weighted by molar-refractivity contribution is 7.99. The Kier molecular flexibility index (Phi) is 3.97. The average molecular weight is 223 g/mol. The summed E-state index contributed by atoms with van der Waals surface area (Å²) in [6, 6.07) is 0. The zero-order valence-corrected chi connectivity index (χ0v) is 9.89. The Bertz CT molecular complexity index is 310. The molecular weight excluding hydrogens is 206 g/mol. The first-order valence-corrected chi connectivity index (χ1v) is 6.46. The second kappa shape index (κ2) is 5.47. The lowest BCUT2D eigenvalue weighted by Crippen LogP contribution is -2.30. The van der Waals surface area contributed by atoms with E-state index in [1.54, 1.807) is 12.4 Å². The lowest BCUT2D eigenvalue weighted by atomic mass is 10.0. The number of hydrogen-bond acceptors (Lipinski definition) is 4. The molecule has 1 N–H and O–H groups in total. The molecule has 0 aromatic carbocycles. The molecule has 15 heavy (non-hydrogen) atoms. The van der Waals surface area contributed by atoms with E-state index in [-0.39, 0.29) is 0 Å². The lowest BCUT2D eigenvalue weighted by molar-refractivity contribution is 0.410. The Labute approximate surface area is 95.1 Å². The minimum Gasteiger partial charge on any atom is -0.316 e. The Morgan fingerprint density at radius 2 is 2.33 bits per heavy atom. The smallest absolute Gasteiger partial charge is 0.117 e. The van der Waals surface area contributed by atoms with Crippen LogP contribution in [0.25, 0.3) is 0 Å². The van der Waals surface area contributed by atoms with Crippen LogP contribution in [0.1, 0.15) is 18.5 Å². The molecule has 1 aliphatic rings. The zero-order valence-electron chi connectivity index (χ0n) is 9.07. The molecule has 0 saturated carbocycles. The van der Waals surface area contributed by atoms with Gasteiger partial charge >= 0.3 is 0 Å². The van der Waals surface area contributed by atoms with Gasteiger partial charge in [0.2, 0.25) is 0 Å². The van der Waals surface area contributed by atoms with E-state index in [4.69, 9.17) is 0 Å². The van der Waals surface area contributed by atoms with Crippen molar-refractivity contribution in [2.24, 2.45) is 5.92 Å². The SMILES string of the molecule is Cc1nccnc1SC[C@@H]1CCCNC1. The molecule has 1 aliphatic heterocycles. The second-order valence-corrected chi connectivity index (χ2v) is 4.98. The van der Waals surface area contributed by atoms with Gasteiger partial charge in [0.15, 0.2) is 0 Å². The molecule has 1 atom stereocenters. The molecule has 4 heteroatoms. The summed E-state index contributed by atoms with van der Waals surface area (Å²) in [5, 5.41) is 4.52. The lowest BCUT2D eigenvalue weighted by Gasteiger charge is -2.22. The van der Waals surface area contributed by atoms with Gasteiger partial charge in [-0.25, -0.2) is 4.98 Å². The van der Waals surface area contributed by atoms with Crippen LogP contribution < -0.4 is 5.32 Å². The van der Waals surface area contributed by atoms with Crippen molar-refractivity contribution in [3.8, 4) is 0 Å². The molecular formula is C11H17N3S. The topological polar surface area (TPSA) is 37.8 Å². The molecule has 0 radical (unpaired) electrons. The number of aromatic nitrogens is 2. The van der Waals surface area contributed by atoms with Gasteiger partial charge in [-0.05, 0) is 38.8 Å². The van der Waals surface area contributed by atoms with Crippen molar-refractivity contribution in [1.29, 1.82) is 0 Å². The zero-order chi connectivity index (χ0) is 10.5. The molecule has 0 amide bonds. The first-order chi connectivity index (χ1) is 7.36. The van der Waals surface area contributed by atoms with Gasteiger partial charge in [0, 0.05) is 18.1 Å². The number of hydrogen-bond donors (Lipinski definition) is 1. The van der Waals surface area contributed by atoms with Crippen LogP contribution in [0.3, 0.4) is 0 Å². The summed E-state index contributed by atoms with van der Waals surface area (Å²) in [5.74, 6) is 1.96. The molecule has 1 aromatic heterocycles. The molecule has 0 unspecified atom stereocenters. The van der Waals surface area contributed by atoms with Crippen molar-refractivity contribution < 1.29 is 0 Å². The van der Waals surface area contributed by atoms with Gasteiger partial charge in [0.05, 0.1) is 5.69 Å². The summed E-state index contributed by atoms with van der Waals surface area (Å²) in [7, 11) is 0. The van der Waals surface area contributed by atoms with E-state index >= 15 is 0 Å². The first kappa shape index (κ1) is 10.9. The van der Waals surface area contributed by atoms with E-state index in [2.05, 4.69) is 15.3 Å². The van der Waals surface area contributed by atoms with Gasteiger partial charge < -0.3 is 5.32 Å². The molecule has 0 aliphatic carbocycles. The van der Waals surface area contributed by atoms with Crippen molar-refractivity contribution in [2.75, 3.05) is 18.8 Å². The van der Waals surface area contributed by atoms with E-state index in [1.165, 1.54) is 19.4 Å². The quantitative estimate of drug-likeness (QED) is 0.794. The van der Waals surface area contributed by atoms with Crippen LogP contribution in [0, 0.1) is 12.8 Å². The fourth-order valence-electron chi connectivity index (χ4n) is 1.80. The van der Waals surface area contributed by atoms with E-state index in [9.17, 15) is 0 Å². The maximum absolute atomic E-state index is 4.34. The van der Waals surface area contributed by atoms with Crippen LogP contribution in [0.5, 0.6) is 0 Å². The van der Waals surface area contributed by atoms with Crippen LogP contribution in [0.2, 0.25) is 0 Å². The van der Waals surface area contributed by atoms with Crippen LogP contribution >= 0.6 is 11.8 Å². The van der Waals surface area contributed by atoms with E-state index in [1.807, 2.05) is 18.7 Å². The third-order valence-electron chi connectivity index (χ3n) is 2.69. The molecule has 1 fully saturated rings. The number of rotatable bonds is 3. The largest absolute Gasteiger partial charge is 0.316 e. The second-order valence-electron chi connectivity index (χ2n) is 3.97. The van der Waals surface area contributed by atoms with Crippen LogP contribution in [-0.2, 0) is 0 Å². The molecule has 0 bridgehead atoms. The fraction of sp³-hybridized carbons (Fsp3) is 0.636. The highest BCUT2D eigenvalue weighted by Gasteiger charge is 2.13. The number of piperidine rings is 1. The van der Waals surface area contributed by atoms with Gasteiger partial charge in [0.1, 0.15) is 5.03 Å². The minimum absolute atomic E-state index is 0.796. The molecule has 0 spiro atoms. The summed E-state index contributed by atoms with van der Waals surface area (Å²) < 4.78 is 0. The molecule has 2 rings (SSSR count). The monoisotopic (exact) mass is 223 g/mol. The first-order valence-electron chi connectivity index (χ1n) is 5.47. The Morgan fingerprint density at radius 1 is 1.47 bits per heavy atom. The summed E-state index contributed by atoms with van der Waals surface area (Å²) in [6.45, 7) is 4.37. The third-order valence-corrected chi connectivity index (χ3v) is 4.00. The van der Waals surface area contributed by atoms with Crippen LogP contribution in [0.15, 0.2) is 17.4 Å². The number of aryl methyl sites for hydroxylation is 1. The van der Waals surface area contributed by atoms with Crippen molar-refractivity contribution in [3.05, 3.63) is 18.1 Å². The number of nitrogens with one attached hydrogen (secondary N) is 1. The van der Waals surface area contributed by atoms with Gasteiger partial charge in [-0.15, -0.1) is 11.8 Å². The maximum Gasteiger partial charge on any atom is 0.117 e. The van der Waals surface area contributed by atoms with E-state index in [0.717, 1.165) is 28.9 Å². The van der Waals surface area contributed by atoms with Crippen LogP contribution in [-0.4, -0.2) is 28.8 Å². The minimum atomic E-state index is 0.796. The number of nitrogens with zero attached hydrogens (tertiary/aromatic N) is 2. The van der Waals surface area contributed by atoms with E-state index in [0.29, 0.717) is 0 Å². The molecule has 1 aromatic rings. The molecule has 82 valence electrons. The average Bonchev–Trinajstić information content (AvgIpc) is 2.29. The van der Waals surface area contributed by atoms with Gasteiger partial charge in [-0.2, -0.15) is 0 Å². The van der Waals surface area contributed by atoms with Crippen molar-refractivity contribution >= 4 is 11.8 Å². The summed E-state index contributed by atoms with van der Waals surface area (Å²) in [4.78, 5) is 8.59. The van der Waals surface area contributed by atoms with Gasteiger partial charge in [0.25, 0.3) is 0 Å². The molecule has 3 nitrogen and oxygen atoms in total. The fourth-order valence-corrected chi connectivity index (χ4v) is 2.87. The van der Waals surface area contributed by atoms with E-state index < -0.39 is 0 Å². The predicted octanol–water partition coefficient (Wildman–Crippen LogP) is 1.88. The van der Waals surface area contributed by atoms with Gasteiger partial charge in [-0.3, -0.25) is 4.98 Å². The molecule has 1 saturated heterocycles. The summed E-state index contributed by atoms with van der Waals surface area (Å²) >= 11 is 1.84. The molecule has 2 heterocycles. The summed E-state index contributed by atoms with van der Waals surface area (Å²) in [6.07, 6.45) is 6.18. The highest BCUT2D eigenvalue weighted by Crippen LogP contribution is 2.23. The number of thioether (sulfide) groups is 1. The Balaban J connectivity index is 1.84. The van der Waals surface area contributed by atoms with Crippen molar-refractivity contribution in [3.63, 3.8) is 0 Å². The van der Waals surface area contributed by atoms with Crippen LogP contribution in [0.4, 0.5) is 0 Å². The summed E-state index contributed by atoms with van der Waals surface area (Å²) in [5.41, 5.74) is 1.05. The van der Waals surface area contributed by atoms with Gasteiger partial charge in [-0.1, -0.05) is 0 Å². The van der Waals surface area contributed by atoms with Crippen molar-refractivity contribution in [2.45, 2.75) is 24.8 Å². The Hall–Kier alpha value is -0.610. The Morgan fingerprint density at radius 3 is 3.07 bits per heavy atom. The highest BCUT2D eigenvalue weighted by atomic mass is 32.2. The van der Waals surface area contributed by atoms with Crippen molar-refractivity contribution in [1.82, 2.24) is 15.3 Å². The standard InChI is InChI=1S/C11H17N3S/c1-9-11(14-6-5-13-9)15-8-10-3-2-4-12-7-10/h5-6,10,12H,2-4,7-8H2,1H3/t10-/m1/s1. The predicted molar refractivity (Wildman–Crippen MR) is 63.1 cm³/mol.